The first-order chi connectivity index (χ1) is 15.1. The van der Waals surface area contributed by atoms with Crippen molar-refractivity contribution in [2.45, 2.75) is 59.2 Å². The summed E-state index contributed by atoms with van der Waals surface area (Å²) in [4.78, 5) is 27.7. The fraction of sp³-hybridized carbons (Fsp3) is 0.520. The second-order valence-corrected chi connectivity index (χ2v) is 10.3. The summed E-state index contributed by atoms with van der Waals surface area (Å²) >= 11 is 1.35. The number of hydrogen-bond acceptors (Lipinski definition) is 6. The van der Waals surface area contributed by atoms with Gasteiger partial charge in [-0.05, 0) is 37.3 Å². The Kier molecular flexibility index (Phi) is 7.75. The quantitative estimate of drug-likeness (QED) is 0.621. The van der Waals surface area contributed by atoms with Gasteiger partial charge in [-0.3, -0.25) is 9.69 Å². The molecule has 6 nitrogen and oxygen atoms in total. The summed E-state index contributed by atoms with van der Waals surface area (Å²) in [5.41, 5.74) is 3.38. The molecule has 2 heterocycles. The first kappa shape index (κ1) is 24.4. The fourth-order valence-corrected chi connectivity index (χ4v) is 4.97. The average Bonchev–Trinajstić information content (AvgIpc) is 3.10. The normalized spacial score (nSPS) is 19.6. The molecule has 0 saturated carbocycles. The van der Waals surface area contributed by atoms with E-state index in [-0.39, 0.29) is 36.7 Å². The van der Waals surface area contributed by atoms with Gasteiger partial charge in [-0.25, -0.2) is 4.79 Å². The van der Waals surface area contributed by atoms with Gasteiger partial charge >= 0.3 is 5.97 Å². The maximum absolute atomic E-state index is 12.8. The molecule has 0 spiro atoms. The third kappa shape index (κ3) is 5.97. The van der Waals surface area contributed by atoms with Crippen LogP contribution in [0.2, 0.25) is 0 Å². The van der Waals surface area contributed by atoms with Gasteiger partial charge in [-0.1, -0.05) is 45.0 Å². The zero-order chi connectivity index (χ0) is 23.5. The molecule has 174 valence electrons. The molecule has 1 fully saturated rings. The molecule has 2 unspecified atom stereocenters. The summed E-state index contributed by atoms with van der Waals surface area (Å²) in [5.74, 6) is -0.569. The molecular weight excluding hydrogens is 424 g/mol. The van der Waals surface area contributed by atoms with Gasteiger partial charge in [-0.15, -0.1) is 11.3 Å². The van der Waals surface area contributed by atoms with Crippen molar-refractivity contribution in [1.29, 1.82) is 0 Å². The van der Waals surface area contributed by atoms with E-state index < -0.39 is 5.97 Å². The number of nitrogens with one attached hydrogen (secondary N) is 1. The van der Waals surface area contributed by atoms with Crippen LogP contribution in [0.1, 0.15) is 57.5 Å². The zero-order valence-corrected chi connectivity index (χ0v) is 20.7. The Morgan fingerprint density at radius 1 is 1.16 bits per heavy atom. The summed E-state index contributed by atoms with van der Waals surface area (Å²) in [6.45, 7) is 14.2. The third-order valence-corrected chi connectivity index (χ3v) is 6.34. The molecule has 7 heteroatoms. The van der Waals surface area contributed by atoms with Crippen LogP contribution in [0, 0.1) is 0 Å². The van der Waals surface area contributed by atoms with Crippen LogP contribution in [-0.2, 0) is 19.7 Å². The number of thiophene rings is 1. The molecule has 1 aromatic carbocycles. The Hall–Kier alpha value is -2.22. The standard InChI is InChI=1S/C25H34N2O4S/c1-7-30-24(29)22-20(18-8-10-19(11-9-18)25(4,5)6)15-32-23(22)26-21(28)14-27-12-16(2)31-17(3)13-27/h8-11,15-17H,7,12-14H2,1-6H3,(H,26,28). The minimum atomic E-state index is -0.424. The van der Waals surface area contributed by atoms with E-state index in [0.717, 1.165) is 11.1 Å². The predicted octanol–water partition coefficient (Wildman–Crippen LogP) is 4.94. The molecule has 32 heavy (non-hydrogen) atoms. The van der Waals surface area contributed by atoms with Crippen molar-refractivity contribution in [3.05, 3.63) is 40.8 Å². The van der Waals surface area contributed by atoms with Crippen LogP contribution in [0.15, 0.2) is 29.6 Å². The Morgan fingerprint density at radius 3 is 2.34 bits per heavy atom. The van der Waals surface area contributed by atoms with Crippen molar-refractivity contribution in [2.24, 2.45) is 0 Å². The Balaban J connectivity index is 1.83. The highest BCUT2D eigenvalue weighted by molar-refractivity contribution is 7.15. The van der Waals surface area contributed by atoms with Gasteiger partial charge in [0.2, 0.25) is 5.91 Å². The number of anilines is 1. The summed E-state index contributed by atoms with van der Waals surface area (Å²) in [5, 5.41) is 5.38. The van der Waals surface area contributed by atoms with Crippen LogP contribution in [-0.4, -0.2) is 55.2 Å². The summed E-state index contributed by atoms with van der Waals surface area (Å²) in [6.07, 6.45) is 0.178. The lowest BCUT2D eigenvalue weighted by Crippen LogP contribution is -2.48. The number of rotatable bonds is 6. The van der Waals surface area contributed by atoms with E-state index in [4.69, 9.17) is 9.47 Å². The van der Waals surface area contributed by atoms with Crippen molar-refractivity contribution in [1.82, 2.24) is 4.90 Å². The van der Waals surface area contributed by atoms with E-state index in [0.29, 0.717) is 23.7 Å². The number of amides is 1. The fourth-order valence-electron chi connectivity index (χ4n) is 4.00. The molecule has 1 amide bonds. The molecule has 1 aliphatic rings. The van der Waals surface area contributed by atoms with Gasteiger partial charge in [0.05, 0.1) is 25.4 Å². The van der Waals surface area contributed by atoms with Crippen LogP contribution in [0.3, 0.4) is 0 Å². The van der Waals surface area contributed by atoms with Crippen molar-refractivity contribution in [3.8, 4) is 11.1 Å². The van der Waals surface area contributed by atoms with E-state index in [1.807, 2.05) is 31.4 Å². The number of carbonyl (C=O) groups excluding carboxylic acids is 2. The van der Waals surface area contributed by atoms with Crippen molar-refractivity contribution < 1.29 is 19.1 Å². The number of nitrogens with zero attached hydrogens (tertiary/aromatic N) is 1. The van der Waals surface area contributed by atoms with Gasteiger partial charge in [0.15, 0.2) is 0 Å². The molecule has 1 saturated heterocycles. The first-order valence-electron chi connectivity index (χ1n) is 11.2. The number of morpholine rings is 1. The van der Waals surface area contributed by atoms with Gasteiger partial charge in [0, 0.05) is 24.0 Å². The Bertz CT molecular complexity index is 936. The van der Waals surface area contributed by atoms with Gasteiger partial charge in [-0.2, -0.15) is 0 Å². The van der Waals surface area contributed by atoms with E-state index in [2.05, 4.69) is 43.1 Å². The summed E-state index contributed by atoms with van der Waals surface area (Å²) < 4.78 is 11.1. The lowest BCUT2D eigenvalue weighted by molar-refractivity contribution is -0.121. The average molecular weight is 459 g/mol. The van der Waals surface area contributed by atoms with Gasteiger partial charge < -0.3 is 14.8 Å². The Morgan fingerprint density at radius 2 is 1.78 bits per heavy atom. The lowest BCUT2D eigenvalue weighted by Gasteiger charge is -2.34. The molecule has 3 rings (SSSR count). The molecule has 0 bridgehead atoms. The van der Waals surface area contributed by atoms with Crippen molar-refractivity contribution in [2.75, 3.05) is 31.6 Å². The van der Waals surface area contributed by atoms with E-state index in [1.165, 1.54) is 16.9 Å². The Labute approximate surface area is 194 Å². The molecule has 2 atom stereocenters. The molecule has 1 N–H and O–H groups in total. The number of ether oxygens (including phenoxy) is 2. The van der Waals surface area contributed by atoms with E-state index in [9.17, 15) is 9.59 Å². The number of carbonyl (C=O) groups is 2. The molecular formula is C25H34N2O4S. The molecule has 1 aliphatic heterocycles. The molecule has 0 radical (unpaired) electrons. The van der Waals surface area contributed by atoms with Crippen LogP contribution >= 0.6 is 11.3 Å². The zero-order valence-electron chi connectivity index (χ0n) is 19.9. The van der Waals surface area contributed by atoms with Crippen molar-refractivity contribution >= 4 is 28.2 Å². The second kappa shape index (κ2) is 10.1. The van der Waals surface area contributed by atoms with E-state index in [1.54, 1.807) is 6.92 Å². The van der Waals surface area contributed by atoms with Crippen LogP contribution < -0.4 is 5.32 Å². The lowest BCUT2D eigenvalue weighted by atomic mass is 9.86. The van der Waals surface area contributed by atoms with Crippen molar-refractivity contribution in [3.63, 3.8) is 0 Å². The third-order valence-electron chi connectivity index (χ3n) is 5.45. The van der Waals surface area contributed by atoms with Crippen LogP contribution in [0.5, 0.6) is 0 Å². The molecule has 0 aliphatic carbocycles. The summed E-state index contributed by atoms with van der Waals surface area (Å²) in [6, 6.07) is 8.21. The predicted molar refractivity (Wildman–Crippen MR) is 129 cm³/mol. The van der Waals surface area contributed by atoms with Gasteiger partial charge in [0.25, 0.3) is 0 Å². The number of benzene rings is 1. The van der Waals surface area contributed by atoms with Crippen LogP contribution in [0.25, 0.3) is 11.1 Å². The second-order valence-electron chi connectivity index (χ2n) is 9.40. The van der Waals surface area contributed by atoms with E-state index >= 15 is 0 Å². The number of hydrogen-bond donors (Lipinski definition) is 1. The minimum Gasteiger partial charge on any atom is -0.462 e. The SMILES string of the molecule is CCOC(=O)c1c(-c2ccc(C(C)(C)C)cc2)csc1NC(=O)CN1CC(C)OC(C)C1. The largest absolute Gasteiger partial charge is 0.462 e. The maximum Gasteiger partial charge on any atom is 0.341 e. The smallest absolute Gasteiger partial charge is 0.341 e. The topological polar surface area (TPSA) is 67.9 Å². The highest BCUT2D eigenvalue weighted by Gasteiger charge is 2.26. The monoisotopic (exact) mass is 458 g/mol. The maximum atomic E-state index is 12.8. The molecule has 1 aromatic heterocycles. The first-order valence-corrected chi connectivity index (χ1v) is 12.0. The summed E-state index contributed by atoms with van der Waals surface area (Å²) in [7, 11) is 0. The highest BCUT2D eigenvalue weighted by atomic mass is 32.1. The van der Waals surface area contributed by atoms with Crippen LogP contribution in [0.4, 0.5) is 5.00 Å². The minimum absolute atomic E-state index is 0.0464. The molecule has 2 aromatic rings. The highest BCUT2D eigenvalue weighted by Crippen LogP contribution is 2.37. The van der Waals surface area contributed by atoms with Gasteiger partial charge in [0.1, 0.15) is 10.6 Å². The number of esters is 1.